The Morgan fingerprint density at radius 2 is 1.50 bits per heavy atom. The van der Waals surface area contributed by atoms with Crippen LogP contribution in [0.2, 0.25) is 5.02 Å². The second kappa shape index (κ2) is 11.0. The molecular formula is C29H27ClN2O3S. The van der Waals surface area contributed by atoms with Crippen LogP contribution in [0.15, 0.2) is 102 Å². The van der Waals surface area contributed by atoms with Gasteiger partial charge in [0.1, 0.15) is 0 Å². The van der Waals surface area contributed by atoms with Gasteiger partial charge in [0.05, 0.1) is 22.7 Å². The predicted octanol–water partition coefficient (Wildman–Crippen LogP) is 6.28. The highest BCUT2D eigenvalue weighted by Crippen LogP contribution is 2.30. The van der Waals surface area contributed by atoms with E-state index in [4.69, 9.17) is 11.6 Å². The van der Waals surface area contributed by atoms with E-state index >= 15 is 0 Å². The Morgan fingerprint density at radius 1 is 0.806 bits per heavy atom. The van der Waals surface area contributed by atoms with E-state index in [9.17, 15) is 13.2 Å². The number of benzene rings is 4. The molecule has 0 fully saturated rings. The van der Waals surface area contributed by atoms with E-state index in [0.717, 1.165) is 22.3 Å². The molecule has 0 unspecified atom stereocenters. The van der Waals surface area contributed by atoms with Gasteiger partial charge in [0, 0.05) is 11.6 Å². The summed E-state index contributed by atoms with van der Waals surface area (Å²) in [6.45, 7) is 4.26. The Labute approximate surface area is 217 Å². The van der Waals surface area contributed by atoms with Crippen LogP contribution in [-0.4, -0.2) is 14.3 Å². The van der Waals surface area contributed by atoms with Crippen molar-refractivity contribution in [1.29, 1.82) is 0 Å². The van der Waals surface area contributed by atoms with Crippen molar-refractivity contribution >= 4 is 33.2 Å². The summed E-state index contributed by atoms with van der Waals surface area (Å²) in [5.74, 6) is -0.354. The van der Waals surface area contributed by atoms with Crippen LogP contribution in [0, 0.1) is 13.8 Å². The van der Waals surface area contributed by atoms with Crippen molar-refractivity contribution in [3.05, 3.63) is 130 Å². The van der Waals surface area contributed by atoms with Gasteiger partial charge in [-0.3, -0.25) is 9.10 Å². The first-order valence-electron chi connectivity index (χ1n) is 11.5. The fourth-order valence-corrected chi connectivity index (χ4v) is 5.47. The fourth-order valence-electron chi connectivity index (χ4n) is 3.88. The van der Waals surface area contributed by atoms with E-state index in [-0.39, 0.29) is 22.9 Å². The van der Waals surface area contributed by atoms with Gasteiger partial charge in [0.2, 0.25) is 0 Å². The lowest BCUT2D eigenvalue weighted by Crippen LogP contribution is -2.33. The standard InChI is InChI=1S/C29H27ClN2O3S/c1-21-10-16-26(17-11-21)36(34,35)32(20-23-12-14-25(30)15-13-23)28-9-4-3-8-27(28)29(33)31-19-24-7-5-6-22(2)18-24/h3-18H,19-20H2,1-2H3,(H,31,33). The van der Waals surface area contributed by atoms with Crippen LogP contribution >= 0.6 is 11.6 Å². The Bertz CT molecular complexity index is 1470. The maximum Gasteiger partial charge on any atom is 0.264 e. The minimum atomic E-state index is -3.99. The molecule has 5 nitrogen and oxygen atoms in total. The summed E-state index contributed by atoms with van der Waals surface area (Å²) in [5.41, 5.74) is 4.33. The number of nitrogens with one attached hydrogen (secondary N) is 1. The van der Waals surface area contributed by atoms with Gasteiger partial charge in [-0.2, -0.15) is 0 Å². The molecule has 0 aliphatic carbocycles. The Hall–Kier alpha value is -3.61. The van der Waals surface area contributed by atoms with E-state index in [2.05, 4.69) is 5.32 Å². The molecule has 0 radical (unpaired) electrons. The van der Waals surface area contributed by atoms with E-state index in [1.165, 1.54) is 4.31 Å². The number of sulfonamides is 1. The van der Waals surface area contributed by atoms with Crippen LogP contribution in [-0.2, 0) is 23.1 Å². The SMILES string of the molecule is Cc1ccc(S(=O)(=O)N(Cc2ccc(Cl)cc2)c2ccccc2C(=O)NCc2cccc(C)c2)cc1. The number of para-hydroxylation sites is 1. The van der Waals surface area contributed by atoms with Gasteiger partial charge in [0.15, 0.2) is 0 Å². The summed E-state index contributed by atoms with van der Waals surface area (Å²) in [6, 6.07) is 28.3. The molecule has 0 bridgehead atoms. The lowest BCUT2D eigenvalue weighted by Gasteiger charge is -2.27. The first-order valence-corrected chi connectivity index (χ1v) is 13.3. The molecule has 0 heterocycles. The maximum atomic E-state index is 13.9. The maximum absolute atomic E-state index is 13.9. The minimum absolute atomic E-state index is 0.0373. The quantitative estimate of drug-likeness (QED) is 0.298. The van der Waals surface area contributed by atoms with Crippen molar-refractivity contribution < 1.29 is 13.2 Å². The fraction of sp³-hybridized carbons (Fsp3) is 0.138. The highest BCUT2D eigenvalue weighted by molar-refractivity contribution is 7.92. The molecule has 0 aliphatic rings. The molecule has 7 heteroatoms. The largest absolute Gasteiger partial charge is 0.348 e. The molecule has 1 N–H and O–H groups in total. The van der Waals surface area contributed by atoms with Crippen LogP contribution in [0.3, 0.4) is 0 Å². The molecule has 0 aliphatic heterocycles. The number of aryl methyl sites for hydroxylation is 2. The first kappa shape index (κ1) is 25.5. The van der Waals surface area contributed by atoms with Crippen LogP contribution in [0.25, 0.3) is 0 Å². The average Bonchev–Trinajstić information content (AvgIpc) is 2.87. The summed E-state index contributed by atoms with van der Waals surface area (Å²) in [4.78, 5) is 13.4. The van der Waals surface area contributed by atoms with Crippen molar-refractivity contribution in [1.82, 2.24) is 5.32 Å². The molecule has 0 saturated heterocycles. The third-order valence-electron chi connectivity index (χ3n) is 5.80. The van der Waals surface area contributed by atoms with Gasteiger partial charge in [-0.25, -0.2) is 8.42 Å². The van der Waals surface area contributed by atoms with Gasteiger partial charge in [-0.15, -0.1) is 0 Å². The third kappa shape index (κ3) is 5.96. The van der Waals surface area contributed by atoms with Crippen LogP contribution < -0.4 is 9.62 Å². The number of carbonyl (C=O) groups excluding carboxylic acids is 1. The smallest absolute Gasteiger partial charge is 0.264 e. The van der Waals surface area contributed by atoms with Gasteiger partial charge in [-0.1, -0.05) is 83.4 Å². The molecule has 4 aromatic carbocycles. The van der Waals surface area contributed by atoms with E-state index in [0.29, 0.717) is 17.3 Å². The lowest BCUT2D eigenvalue weighted by molar-refractivity contribution is 0.0951. The van der Waals surface area contributed by atoms with Gasteiger partial charge >= 0.3 is 0 Å². The normalized spacial score (nSPS) is 11.2. The summed E-state index contributed by atoms with van der Waals surface area (Å²) >= 11 is 6.04. The highest BCUT2D eigenvalue weighted by atomic mass is 35.5. The van der Waals surface area contributed by atoms with Crippen molar-refractivity contribution in [3.63, 3.8) is 0 Å². The lowest BCUT2D eigenvalue weighted by atomic mass is 10.1. The molecular weight excluding hydrogens is 492 g/mol. The predicted molar refractivity (Wildman–Crippen MR) is 145 cm³/mol. The van der Waals surface area contributed by atoms with Crippen molar-refractivity contribution in [2.24, 2.45) is 0 Å². The van der Waals surface area contributed by atoms with Crippen molar-refractivity contribution in [2.75, 3.05) is 4.31 Å². The van der Waals surface area contributed by atoms with Crippen molar-refractivity contribution in [2.45, 2.75) is 31.8 Å². The number of carbonyl (C=O) groups is 1. The topological polar surface area (TPSA) is 66.5 Å². The summed E-state index contributed by atoms with van der Waals surface area (Å²) in [7, 11) is -3.99. The number of halogens is 1. The molecule has 4 aromatic rings. The monoisotopic (exact) mass is 518 g/mol. The Kier molecular flexibility index (Phi) is 7.77. The summed E-state index contributed by atoms with van der Waals surface area (Å²) in [5, 5.41) is 3.49. The minimum Gasteiger partial charge on any atom is -0.348 e. The number of anilines is 1. The van der Waals surface area contributed by atoms with Gasteiger partial charge < -0.3 is 5.32 Å². The first-order chi connectivity index (χ1) is 17.2. The second-order valence-corrected chi connectivity index (χ2v) is 10.9. The van der Waals surface area contributed by atoms with Crippen LogP contribution in [0.5, 0.6) is 0 Å². The van der Waals surface area contributed by atoms with Crippen LogP contribution in [0.4, 0.5) is 5.69 Å². The number of hydrogen-bond donors (Lipinski definition) is 1. The molecule has 184 valence electrons. The van der Waals surface area contributed by atoms with E-state index in [1.807, 2.05) is 38.1 Å². The number of nitrogens with zero attached hydrogens (tertiary/aromatic N) is 1. The molecule has 0 aromatic heterocycles. The van der Waals surface area contributed by atoms with Crippen LogP contribution in [0.1, 0.15) is 32.6 Å². The highest BCUT2D eigenvalue weighted by Gasteiger charge is 2.28. The Morgan fingerprint density at radius 3 is 2.19 bits per heavy atom. The molecule has 0 spiro atoms. The van der Waals surface area contributed by atoms with E-state index < -0.39 is 10.0 Å². The number of rotatable bonds is 8. The number of hydrogen-bond acceptors (Lipinski definition) is 3. The molecule has 0 saturated carbocycles. The summed E-state index contributed by atoms with van der Waals surface area (Å²) < 4.78 is 29.0. The van der Waals surface area contributed by atoms with E-state index in [1.54, 1.807) is 72.8 Å². The van der Waals surface area contributed by atoms with Crippen molar-refractivity contribution in [3.8, 4) is 0 Å². The Balaban J connectivity index is 1.73. The molecule has 0 atom stereocenters. The van der Waals surface area contributed by atoms with Gasteiger partial charge in [0.25, 0.3) is 15.9 Å². The third-order valence-corrected chi connectivity index (χ3v) is 7.83. The number of amides is 1. The zero-order chi connectivity index (χ0) is 25.7. The average molecular weight is 519 g/mol. The molecule has 36 heavy (non-hydrogen) atoms. The summed E-state index contributed by atoms with van der Waals surface area (Å²) in [6.07, 6.45) is 0. The zero-order valence-corrected chi connectivity index (χ0v) is 21.7. The molecule has 1 amide bonds. The second-order valence-electron chi connectivity index (χ2n) is 8.64. The zero-order valence-electron chi connectivity index (χ0n) is 20.1. The molecule has 4 rings (SSSR count). The van der Waals surface area contributed by atoms with Gasteiger partial charge in [-0.05, 0) is 61.4 Å².